The van der Waals surface area contributed by atoms with E-state index in [0.29, 0.717) is 0 Å². The van der Waals surface area contributed by atoms with E-state index in [9.17, 15) is 8.42 Å². The molecule has 3 N–H and O–H groups in total. The number of phenolic OH excluding ortho intramolecular Hbond substituents is 2. The monoisotopic (exact) mass is 189 g/mol. The van der Waals surface area contributed by atoms with Crippen molar-refractivity contribution in [1.29, 1.82) is 0 Å². The van der Waals surface area contributed by atoms with E-state index in [4.69, 9.17) is 14.8 Å². The second kappa shape index (κ2) is 2.65. The fraction of sp³-hybridized carbons (Fsp3) is 0. The molecule has 6 heteroatoms. The second-order valence-corrected chi connectivity index (χ2v) is 3.37. The summed E-state index contributed by atoms with van der Waals surface area (Å²) in [6, 6.07) is 4.22. The number of hydrogen-bond donors (Lipinski definition) is 3. The Kier molecular flexibility index (Phi) is 1.95. The van der Waals surface area contributed by atoms with Crippen LogP contribution in [0, 0.1) is 6.07 Å². The first kappa shape index (κ1) is 8.82. The van der Waals surface area contributed by atoms with Crippen LogP contribution >= 0.6 is 0 Å². The van der Waals surface area contributed by atoms with Gasteiger partial charge in [-0.2, -0.15) is 8.42 Å². The van der Waals surface area contributed by atoms with Crippen LogP contribution in [0.15, 0.2) is 17.0 Å². The zero-order chi connectivity index (χ0) is 9.35. The molecule has 0 amide bonds. The fourth-order valence-electron chi connectivity index (χ4n) is 0.716. The molecule has 0 aliphatic carbocycles. The summed E-state index contributed by atoms with van der Waals surface area (Å²) in [6.07, 6.45) is 0. The molecule has 0 heterocycles. The van der Waals surface area contributed by atoms with Gasteiger partial charge in [-0.1, -0.05) is 0 Å². The van der Waals surface area contributed by atoms with Gasteiger partial charge in [0.2, 0.25) is 0 Å². The molecule has 1 aromatic carbocycles. The molecule has 0 atom stereocenters. The normalized spacial score (nSPS) is 11.4. The van der Waals surface area contributed by atoms with E-state index >= 15 is 0 Å². The first-order valence-electron chi connectivity index (χ1n) is 2.83. The Morgan fingerprint density at radius 1 is 1.33 bits per heavy atom. The SMILES string of the molecule is O=S(=O)(O)c1c(O)[c]ccc1O. The van der Waals surface area contributed by atoms with Gasteiger partial charge in [-0.05, 0) is 12.1 Å². The standard InChI is InChI=1S/C6H5O5S/c7-4-2-1-3-5(8)6(4)12(9,10)11/h1-2,7-8H,(H,9,10,11). The lowest BCUT2D eigenvalue weighted by atomic mass is 10.3. The van der Waals surface area contributed by atoms with Gasteiger partial charge in [0.1, 0.15) is 11.5 Å². The van der Waals surface area contributed by atoms with Crippen LogP contribution in [0.2, 0.25) is 0 Å². The van der Waals surface area contributed by atoms with Crippen molar-refractivity contribution in [1.82, 2.24) is 0 Å². The Bertz CT molecular complexity index is 374. The molecule has 0 aromatic heterocycles. The minimum atomic E-state index is -4.60. The van der Waals surface area contributed by atoms with Crippen LogP contribution in [-0.4, -0.2) is 23.2 Å². The Balaban J connectivity index is 3.53. The molecule has 0 fully saturated rings. The molecular formula is C6H5O5S. The predicted molar refractivity (Wildman–Crippen MR) is 38.4 cm³/mol. The molecule has 0 spiro atoms. The zero-order valence-electron chi connectivity index (χ0n) is 5.72. The highest BCUT2D eigenvalue weighted by molar-refractivity contribution is 7.86. The highest BCUT2D eigenvalue weighted by Gasteiger charge is 2.19. The highest BCUT2D eigenvalue weighted by atomic mass is 32.2. The lowest BCUT2D eigenvalue weighted by Crippen LogP contribution is -1.98. The maximum Gasteiger partial charge on any atom is 0.301 e. The van der Waals surface area contributed by atoms with Crippen molar-refractivity contribution in [2.45, 2.75) is 4.90 Å². The molecule has 65 valence electrons. The van der Waals surface area contributed by atoms with E-state index < -0.39 is 26.5 Å². The first-order valence-corrected chi connectivity index (χ1v) is 4.27. The average molecular weight is 189 g/mol. The summed E-state index contributed by atoms with van der Waals surface area (Å²) in [6.45, 7) is 0. The molecule has 1 radical (unpaired) electrons. The lowest BCUT2D eigenvalue weighted by Gasteiger charge is -2.01. The van der Waals surface area contributed by atoms with E-state index in [2.05, 4.69) is 6.07 Å². The van der Waals surface area contributed by atoms with Gasteiger partial charge in [0, 0.05) is 6.07 Å². The van der Waals surface area contributed by atoms with Gasteiger partial charge in [0.15, 0.2) is 4.90 Å². The van der Waals surface area contributed by atoms with Crippen molar-refractivity contribution in [2.24, 2.45) is 0 Å². The van der Waals surface area contributed by atoms with Crippen molar-refractivity contribution in [3.8, 4) is 11.5 Å². The number of hydrogen-bond acceptors (Lipinski definition) is 4. The number of aromatic hydroxyl groups is 2. The Morgan fingerprint density at radius 3 is 2.25 bits per heavy atom. The zero-order valence-corrected chi connectivity index (χ0v) is 6.54. The van der Waals surface area contributed by atoms with E-state index in [1.54, 1.807) is 0 Å². The van der Waals surface area contributed by atoms with Gasteiger partial charge >= 0.3 is 10.1 Å². The topological polar surface area (TPSA) is 94.8 Å². The minimum Gasteiger partial charge on any atom is -0.506 e. The van der Waals surface area contributed by atoms with Crippen molar-refractivity contribution in [2.75, 3.05) is 0 Å². The highest BCUT2D eigenvalue weighted by Crippen LogP contribution is 2.29. The number of phenols is 2. The largest absolute Gasteiger partial charge is 0.506 e. The van der Waals surface area contributed by atoms with E-state index in [0.717, 1.165) is 12.1 Å². The molecule has 12 heavy (non-hydrogen) atoms. The van der Waals surface area contributed by atoms with Crippen LogP contribution in [0.4, 0.5) is 0 Å². The van der Waals surface area contributed by atoms with Crippen LogP contribution in [-0.2, 0) is 10.1 Å². The van der Waals surface area contributed by atoms with E-state index in [1.165, 1.54) is 0 Å². The first-order chi connectivity index (χ1) is 5.43. The third-order valence-electron chi connectivity index (χ3n) is 1.17. The number of benzene rings is 1. The molecule has 0 saturated heterocycles. The summed E-state index contributed by atoms with van der Waals surface area (Å²) < 4.78 is 29.5. The Morgan fingerprint density at radius 2 is 1.92 bits per heavy atom. The fourth-order valence-corrected chi connectivity index (χ4v) is 1.35. The van der Waals surface area contributed by atoms with Crippen molar-refractivity contribution < 1.29 is 23.2 Å². The molecule has 0 unspecified atom stereocenters. The maximum absolute atomic E-state index is 10.5. The smallest absolute Gasteiger partial charge is 0.301 e. The Hall–Kier alpha value is -1.27. The predicted octanol–water partition coefficient (Wildman–Crippen LogP) is 0.145. The van der Waals surface area contributed by atoms with Gasteiger partial charge in [0.25, 0.3) is 0 Å². The summed E-state index contributed by atoms with van der Waals surface area (Å²) in [7, 11) is -4.60. The summed E-state index contributed by atoms with van der Waals surface area (Å²) >= 11 is 0. The van der Waals surface area contributed by atoms with Gasteiger partial charge in [-0.3, -0.25) is 4.55 Å². The van der Waals surface area contributed by atoms with Crippen LogP contribution in [0.25, 0.3) is 0 Å². The third kappa shape index (κ3) is 1.49. The quantitative estimate of drug-likeness (QED) is 0.546. The van der Waals surface area contributed by atoms with Crippen LogP contribution in [0.1, 0.15) is 0 Å². The molecule has 0 aliphatic rings. The Labute approximate surface area is 68.6 Å². The molecule has 1 aromatic rings. The lowest BCUT2D eigenvalue weighted by molar-refractivity contribution is 0.410. The van der Waals surface area contributed by atoms with Crippen molar-refractivity contribution in [3.05, 3.63) is 18.2 Å². The van der Waals surface area contributed by atoms with Gasteiger partial charge < -0.3 is 10.2 Å². The molecular weight excluding hydrogens is 184 g/mol. The molecule has 1 rings (SSSR count). The van der Waals surface area contributed by atoms with E-state index in [1.807, 2.05) is 0 Å². The minimum absolute atomic E-state index is 0.714. The van der Waals surface area contributed by atoms with E-state index in [-0.39, 0.29) is 0 Å². The van der Waals surface area contributed by atoms with Gasteiger partial charge in [0.05, 0.1) is 0 Å². The second-order valence-electron chi connectivity index (χ2n) is 2.02. The summed E-state index contributed by atoms with van der Waals surface area (Å²) in [5.41, 5.74) is 0. The third-order valence-corrected chi connectivity index (χ3v) is 2.09. The molecule has 0 bridgehead atoms. The van der Waals surface area contributed by atoms with Crippen LogP contribution < -0.4 is 0 Å². The molecule has 0 saturated carbocycles. The molecule has 0 aliphatic heterocycles. The van der Waals surface area contributed by atoms with Gasteiger partial charge in [-0.15, -0.1) is 0 Å². The van der Waals surface area contributed by atoms with Crippen LogP contribution in [0.5, 0.6) is 11.5 Å². The summed E-state index contributed by atoms with van der Waals surface area (Å²) in [5, 5.41) is 17.8. The van der Waals surface area contributed by atoms with Crippen molar-refractivity contribution in [3.63, 3.8) is 0 Å². The molecule has 5 nitrogen and oxygen atoms in total. The number of rotatable bonds is 1. The van der Waals surface area contributed by atoms with Gasteiger partial charge in [-0.25, -0.2) is 0 Å². The maximum atomic E-state index is 10.5. The van der Waals surface area contributed by atoms with Crippen LogP contribution in [0.3, 0.4) is 0 Å². The average Bonchev–Trinajstić information content (AvgIpc) is 1.82. The van der Waals surface area contributed by atoms with Crippen molar-refractivity contribution >= 4 is 10.1 Å². The summed E-state index contributed by atoms with van der Waals surface area (Å²) in [4.78, 5) is -0.926. The summed E-state index contributed by atoms with van der Waals surface area (Å²) in [5.74, 6) is -1.52.